The van der Waals surface area contributed by atoms with Gasteiger partial charge in [0.1, 0.15) is 0 Å². The van der Waals surface area contributed by atoms with Gasteiger partial charge in [0.15, 0.2) is 0 Å². The van der Waals surface area contributed by atoms with Gasteiger partial charge < -0.3 is 14.6 Å². The maximum atomic E-state index is 10.6. The first-order chi connectivity index (χ1) is 8.50. The van der Waals surface area contributed by atoms with Crippen molar-refractivity contribution in [3.63, 3.8) is 0 Å². The Morgan fingerprint density at radius 3 is 2.28 bits per heavy atom. The summed E-state index contributed by atoms with van der Waals surface area (Å²) in [6.07, 6.45) is 3.26. The van der Waals surface area contributed by atoms with Crippen molar-refractivity contribution in [2.45, 2.75) is 65.1 Å². The normalized spacial score (nSPS) is 23.0. The monoisotopic (exact) mass is 258 g/mol. The molecule has 1 aliphatic rings. The van der Waals surface area contributed by atoms with Crippen molar-refractivity contribution in [3.05, 3.63) is 0 Å². The molecule has 0 saturated carbocycles. The average Bonchev–Trinajstić information content (AvgIpc) is 2.29. The van der Waals surface area contributed by atoms with Crippen LogP contribution in [-0.2, 0) is 9.47 Å². The SMILES string of the molecule is CCOC1(C(O)CC(C)CC(C)C)CCOCC1. The van der Waals surface area contributed by atoms with E-state index in [1.165, 1.54) is 0 Å². The van der Waals surface area contributed by atoms with Crippen LogP contribution < -0.4 is 0 Å². The van der Waals surface area contributed by atoms with Crippen molar-refractivity contribution < 1.29 is 14.6 Å². The van der Waals surface area contributed by atoms with Crippen LogP contribution >= 0.6 is 0 Å². The molecule has 1 saturated heterocycles. The molecule has 1 N–H and O–H groups in total. The van der Waals surface area contributed by atoms with E-state index in [0.717, 1.165) is 25.7 Å². The van der Waals surface area contributed by atoms with E-state index in [2.05, 4.69) is 20.8 Å². The molecule has 0 amide bonds. The largest absolute Gasteiger partial charge is 0.390 e. The Bertz CT molecular complexity index is 216. The van der Waals surface area contributed by atoms with E-state index in [4.69, 9.17) is 9.47 Å². The third-order valence-corrected chi connectivity index (χ3v) is 3.88. The van der Waals surface area contributed by atoms with E-state index < -0.39 is 0 Å². The summed E-state index contributed by atoms with van der Waals surface area (Å²) in [7, 11) is 0. The van der Waals surface area contributed by atoms with Crippen molar-refractivity contribution >= 4 is 0 Å². The number of aliphatic hydroxyl groups excluding tert-OH is 1. The molecule has 18 heavy (non-hydrogen) atoms. The standard InChI is InChI=1S/C15H30O3/c1-5-18-15(6-8-17-9-7-15)14(16)11-13(4)10-12(2)3/h12-14,16H,5-11H2,1-4H3. The molecule has 0 aromatic carbocycles. The first-order valence-corrected chi connectivity index (χ1v) is 7.40. The predicted molar refractivity (Wildman–Crippen MR) is 73.7 cm³/mol. The van der Waals surface area contributed by atoms with Gasteiger partial charge in [-0.2, -0.15) is 0 Å². The van der Waals surface area contributed by atoms with Gasteiger partial charge in [0, 0.05) is 32.7 Å². The molecular formula is C15H30O3. The summed E-state index contributed by atoms with van der Waals surface area (Å²) in [5, 5.41) is 10.6. The zero-order valence-corrected chi connectivity index (χ0v) is 12.4. The highest BCUT2D eigenvalue weighted by molar-refractivity contribution is 4.91. The molecule has 0 spiro atoms. The molecule has 0 radical (unpaired) electrons. The maximum Gasteiger partial charge on any atom is 0.0983 e. The molecule has 0 bridgehead atoms. The third kappa shape index (κ3) is 4.52. The average molecular weight is 258 g/mol. The van der Waals surface area contributed by atoms with E-state index in [1.54, 1.807) is 0 Å². The second-order valence-corrected chi connectivity index (χ2v) is 6.10. The lowest BCUT2D eigenvalue weighted by atomic mass is 9.82. The van der Waals surface area contributed by atoms with Crippen molar-refractivity contribution in [1.29, 1.82) is 0 Å². The van der Waals surface area contributed by atoms with Crippen LogP contribution in [0.4, 0.5) is 0 Å². The summed E-state index contributed by atoms with van der Waals surface area (Å²) < 4.78 is 11.3. The van der Waals surface area contributed by atoms with Gasteiger partial charge in [0.05, 0.1) is 11.7 Å². The van der Waals surface area contributed by atoms with Crippen LogP contribution in [0.3, 0.4) is 0 Å². The third-order valence-electron chi connectivity index (χ3n) is 3.88. The van der Waals surface area contributed by atoms with Crippen LogP contribution in [0.25, 0.3) is 0 Å². The number of rotatable bonds is 7. The van der Waals surface area contributed by atoms with Gasteiger partial charge in [0.2, 0.25) is 0 Å². The van der Waals surface area contributed by atoms with E-state index in [1.807, 2.05) is 6.92 Å². The molecule has 3 nitrogen and oxygen atoms in total. The van der Waals surface area contributed by atoms with Gasteiger partial charge in [-0.15, -0.1) is 0 Å². The Morgan fingerprint density at radius 1 is 1.17 bits per heavy atom. The lowest BCUT2D eigenvalue weighted by Crippen LogP contribution is -2.49. The van der Waals surface area contributed by atoms with Gasteiger partial charge in [-0.3, -0.25) is 0 Å². The molecule has 1 fully saturated rings. The summed E-state index contributed by atoms with van der Waals surface area (Å²) in [6.45, 7) is 10.8. The second-order valence-electron chi connectivity index (χ2n) is 6.10. The van der Waals surface area contributed by atoms with E-state index >= 15 is 0 Å². The summed E-state index contributed by atoms with van der Waals surface area (Å²) in [5.74, 6) is 1.23. The van der Waals surface area contributed by atoms with Gasteiger partial charge in [-0.1, -0.05) is 20.8 Å². The first kappa shape index (κ1) is 15.9. The predicted octanol–water partition coefficient (Wildman–Crippen LogP) is 3.01. The van der Waals surface area contributed by atoms with Gasteiger partial charge in [0.25, 0.3) is 0 Å². The lowest BCUT2D eigenvalue weighted by Gasteiger charge is -2.41. The molecular weight excluding hydrogens is 228 g/mol. The Kier molecular flexibility index (Phi) is 6.61. The first-order valence-electron chi connectivity index (χ1n) is 7.40. The van der Waals surface area contributed by atoms with Crippen molar-refractivity contribution in [1.82, 2.24) is 0 Å². The zero-order chi connectivity index (χ0) is 13.6. The van der Waals surface area contributed by atoms with E-state index in [0.29, 0.717) is 31.7 Å². The van der Waals surface area contributed by atoms with Gasteiger partial charge in [-0.25, -0.2) is 0 Å². The molecule has 1 heterocycles. The maximum absolute atomic E-state index is 10.6. The molecule has 0 aliphatic carbocycles. The topological polar surface area (TPSA) is 38.7 Å². The highest BCUT2D eigenvalue weighted by Crippen LogP contribution is 2.33. The quantitative estimate of drug-likeness (QED) is 0.763. The molecule has 1 rings (SSSR count). The Hall–Kier alpha value is -0.120. The van der Waals surface area contributed by atoms with Crippen LogP contribution in [0.15, 0.2) is 0 Å². The Morgan fingerprint density at radius 2 is 1.78 bits per heavy atom. The van der Waals surface area contributed by atoms with Crippen molar-refractivity contribution in [2.75, 3.05) is 19.8 Å². The van der Waals surface area contributed by atoms with E-state index in [9.17, 15) is 5.11 Å². The fourth-order valence-corrected chi connectivity index (χ4v) is 3.08. The van der Waals surface area contributed by atoms with Crippen LogP contribution in [0, 0.1) is 11.8 Å². The van der Waals surface area contributed by atoms with Crippen LogP contribution in [-0.4, -0.2) is 36.6 Å². The number of hydrogen-bond acceptors (Lipinski definition) is 3. The number of hydrogen-bond donors (Lipinski definition) is 1. The fraction of sp³-hybridized carbons (Fsp3) is 1.00. The number of ether oxygens (including phenoxy) is 2. The molecule has 2 atom stereocenters. The van der Waals surface area contributed by atoms with Crippen LogP contribution in [0.5, 0.6) is 0 Å². The second kappa shape index (κ2) is 7.46. The van der Waals surface area contributed by atoms with Gasteiger partial charge >= 0.3 is 0 Å². The summed E-state index contributed by atoms with van der Waals surface area (Å²) >= 11 is 0. The van der Waals surface area contributed by atoms with Crippen molar-refractivity contribution in [3.8, 4) is 0 Å². The minimum atomic E-state index is -0.366. The molecule has 108 valence electrons. The zero-order valence-electron chi connectivity index (χ0n) is 12.4. The summed E-state index contributed by atoms with van der Waals surface area (Å²) in [4.78, 5) is 0. The smallest absolute Gasteiger partial charge is 0.0983 e. The molecule has 0 aromatic rings. The molecule has 2 unspecified atom stereocenters. The van der Waals surface area contributed by atoms with Crippen LogP contribution in [0.1, 0.15) is 53.4 Å². The Balaban J connectivity index is 2.56. The van der Waals surface area contributed by atoms with Crippen molar-refractivity contribution in [2.24, 2.45) is 11.8 Å². The van der Waals surface area contributed by atoms with Crippen LogP contribution in [0.2, 0.25) is 0 Å². The van der Waals surface area contributed by atoms with Gasteiger partial charge in [-0.05, 0) is 31.6 Å². The minimum Gasteiger partial charge on any atom is -0.390 e. The molecule has 0 aromatic heterocycles. The fourth-order valence-electron chi connectivity index (χ4n) is 3.08. The molecule has 1 aliphatic heterocycles. The number of aliphatic hydroxyl groups is 1. The lowest BCUT2D eigenvalue weighted by molar-refractivity contribution is -0.170. The molecule has 3 heteroatoms. The summed E-state index contributed by atoms with van der Waals surface area (Å²) in [6, 6.07) is 0. The Labute approximate surface area is 112 Å². The minimum absolute atomic E-state index is 0.363. The summed E-state index contributed by atoms with van der Waals surface area (Å²) in [5.41, 5.74) is -0.363. The van der Waals surface area contributed by atoms with E-state index in [-0.39, 0.29) is 11.7 Å². The highest BCUT2D eigenvalue weighted by atomic mass is 16.5. The highest BCUT2D eigenvalue weighted by Gasteiger charge is 2.40.